The average molecular weight is 298 g/mol. The van der Waals surface area contributed by atoms with Crippen LogP contribution in [0.4, 0.5) is 0 Å². The first kappa shape index (κ1) is 17.3. The average Bonchev–Trinajstić information content (AvgIpc) is 2.86. The van der Waals surface area contributed by atoms with Crippen molar-refractivity contribution in [3.8, 4) is 0 Å². The number of amides is 2. The Morgan fingerprint density at radius 2 is 1.86 bits per heavy atom. The number of carbonyl (C=O) groups excluding carboxylic acids is 2. The van der Waals surface area contributed by atoms with Crippen LogP contribution in [0.2, 0.25) is 0 Å². The fraction of sp³-hybridized carbons (Fsp3) is 0.786. The zero-order valence-corrected chi connectivity index (χ0v) is 13.0. The lowest BCUT2D eigenvalue weighted by Gasteiger charge is -2.26. The Bertz CT molecular complexity index is 420. The molecule has 0 aromatic heterocycles. The van der Waals surface area contributed by atoms with Crippen molar-refractivity contribution in [2.24, 2.45) is 16.3 Å². The molecule has 0 bridgehead atoms. The molecule has 0 aliphatic heterocycles. The van der Waals surface area contributed by atoms with Gasteiger partial charge in [-0.2, -0.15) is 0 Å². The van der Waals surface area contributed by atoms with Crippen LogP contribution >= 0.6 is 0 Å². The molecule has 0 atom stereocenters. The van der Waals surface area contributed by atoms with Gasteiger partial charge in [-0.15, -0.1) is 0 Å². The van der Waals surface area contributed by atoms with E-state index in [0.717, 1.165) is 12.8 Å². The predicted molar refractivity (Wildman–Crippen MR) is 79.8 cm³/mol. The van der Waals surface area contributed by atoms with E-state index in [0.29, 0.717) is 12.8 Å². The predicted octanol–water partition coefficient (Wildman–Crippen LogP) is 0.714. The highest BCUT2D eigenvalue weighted by Crippen LogP contribution is 2.38. The van der Waals surface area contributed by atoms with Crippen molar-refractivity contribution in [1.82, 2.24) is 10.6 Å². The Hall–Kier alpha value is -1.79. The minimum Gasteiger partial charge on any atom is -0.409 e. The van der Waals surface area contributed by atoms with Crippen LogP contribution in [0.15, 0.2) is 5.16 Å². The van der Waals surface area contributed by atoms with Crippen LogP contribution in [0.25, 0.3) is 0 Å². The van der Waals surface area contributed by atoms with Crippen molar-refractivity contribution < 1.29 is 14.8 Å². The van der Waals surface area contributed by atoms with Crippen molar-refractivity contribution in [3.63, 3.8) is 0 Å². The standard InChI is InChI=1S/C14H26N4O3/c1-13(2,3)17-10(19)6-9-16-12(20)14(11(15)18-21)7-4-5-8-14/h21H,4-9H2,1-3H3,(H2,15,18)(H,16,20)(H,17,19). The summed E-state index contributed by atoms with van der Waals surface area (Å²) >= 11 is 0. The van der Waals surface area contributed by atoms with Gasteiger partial charge >= 0.3 is 0 Å². The van der Waals surface area contributed by atoms with E-state index in [1.807, 2.05) is 20.8 Å². The van der Waals surface area contributed by atoms with E-state index >= 15 is 0 Å². The van der Waals surface area contributed by atoms with Crippen LogP contribution in [0.5, 0.6) is 0 Å². The molecule has 5 N–H and O–H groups in total. The van der Waals surface area contributed by atoms with E-state index in [1.165, 1.54) is 0 Å². The highest BCUT2D eigenvalue weighted by atomic mass is 16.4. The molecule has 120 valence electrons. The summed E-state index contributed by atoms with van der Waals surface area (Å²) in [5.41, 5.74) is 4.48. The lowest BCUT2D eigenvalue weighted by atomic mass is 9.84. The van der Waals surface area contributed by atoms with Gasteiger partial charge in [-0.1, -0.05) is 18.0 Å². The van der Waals surface area contributed by atoms with E-state index < -0.39 is 5.41 Å². The molecule has 0 saturated heterocycles. The molecule has 21 heavy (non-hydrogen) atoms. The van der Waals surface area contributed by atoms with Gasteiger partial charge in [-0.05, 0) is 33.6 Å². The van der Waals surface area contributed by atoms with Gasteiger partial charge in [0.2, 0.25) is 11.8 Å². The molecule has 7 heteroatoms. The molecule has 0 aromatic rings. The molecular weight excluding hydrogens is 272 g/mol. The minimum absolute atomic E-state index is 0.0448. The molecule has 1 saturated carbocycles. The smallest absolute Gasteiger partial charge is 0.233 e. The van der Waals surface area contributed by atoms with E-state index in [-0.39, 0.29) is 36.2 Å². The highest BCUT2D eigenvalue weighted by molar-refractivity contribution is 6.07. The number of hydrogen-bond donors (Lipinski definition) is 4. The number of nitrogens with two attached hydrogens (primary N) is 1. The summed E-state index contributed by atoms with van der Waals surface area (Å²) in [6.45, 7) is 5.93. The molecule has 2 amide bonds. The van der Waals surface area contributed by atoms with Crippen molar-refractivity contribution in [2.45, 2.75) is 58.4 Å². The fourth-order valence-electron chi connectivity index (χ4n) is 2.61. The first-order valence-electron chi connectivity index (χ1n) is 7.28. The molecular formula is C14H26N4O3. The summed E-state index contributed by atoms with van der Waals surface area (Å²) in [4.78, 5) is 24.0. The molecule has 1 fully saturated rings. The van der Waals surface area contributed by atoms with E-state index in [4.69, 9.17) is 10.9 Å². The summed E-state index contributed by atoms with van der Waals surface area (Å²) in [6.07, 6.45) is 3.09. The molecule has 0 heterocycles. The Labute approximate surface area is 125 Å². The number of hydrogen-bond acceptors (Lipinski definition) is 4. The molecule has 0 aromatic carbocycles. The van der Waals surface area contributed by atoms with Crippen LogP contribution in [-0.2, 0) is 9.59 Å². The van der Waals surface area contributed by atoms with Crippen LogP contribution < -0.4 is 16.4 Å². The SMILES string of the molecule is CC(C)(C)NC(=O)CCNC(=O)C1(C(N)=NO)CCCC1. The summed E-state index contributed by atoms with van der Waals surface area (Å²) in [6, 6.07) is 0. The van der Waals surface area contributed by atoms with Gasteiger partial charge in [0.25, 0.3) is 0 Å². The largest absolute Gasteiger partial charge is 0.409 e. The van der Waals surface area contributed by atoms with Crippen LogP contribution in [0.3, 0.4) is 0 Å². The van der Waals surface area contributed by atoms with E-state index in [1.54, 1.807) is 0 Å². The zero-order chi connectivity index (χ0) is 16.1. The monoisotopic (exact) mass is 298 g/mol. The van der Waals surface area contributed by atoms with Crippen LogP contribution in [-0.4, -0.2) is 34.9 Å². The number of oxime groups is 1. The zero-order valence-electron chi connectivity index (χ0n) is 13.0. The van der Waals surface area contributed by atoms with Crippen molar-refractivity contribution in [1.29, 1.82) is 0 Å². The molecule has 7 nitrogen and oxygen atoms in total. The van der Waals surface area contributed by atoms with Gasteiger partial charge in [-0.3, -0.25) is 9.59 Å². The first-order valence-corrected chi connectivity index (χ1v) is 7.28. The van der Waals surface area contributed by atoms with E-state index in [9.17, 15) is 9.59 Å². The van der Waals surface area contributed by atoms with Crippen molar-refractivity contribution in [3.05, 3.63) is 0 Å². The van der Waals surface area contributed by atoms with Gasteiger partial charge in [-0.25, -0.2) is 0 Å². The number of rotatable bonds is 5. The molecule has 1 rings (SSSR count). The number of amidine groups is 1. The third-order valence-electron chi connectivity index (χ3n) is 3.64. The summed E-state index contributed by atoms with van der Waals surface area (Å²) in [7, 11) is 0. The third-order valence-corrected chi connectivity index (χ3v) is 3.64. The second-order valence-corrected chi connectivity index (χ2v) is 6.58. The molecule has 1 aliphatic rings. The lowest BCUT2D eigenvalue weighted by Crippen LogP contribution is -2.49. The normalized spacial score (nSPS) is 18.3. The number of nitrogens with one attached hydrogen (secondary N) is 2. The van der Waals surface area contributed by atoms with Crippen molar-refractivity contribution >= 4 is 17.6 Å². The number of nitrogens with zero attached hydrogens (tertiary/aromatic N) is 1. The summed E-state index contributed by atoms with van der Waals surface area (Å²) in [5.74, 6) is -0.428. The summed E-state index contributed by atoms with van der Waals surface area (Å²) in [5, 5.41) is 17.4. The second-order valence-electron chi connectivity index (χ2n) is 6.58. The van der Waals surface area contributed by atoms with Gasteiger partial charge < -0.3 is 21.6 Å². The number of carbonyl (C=O) groups is 2. The van der Waals surface area contributed by atoms with Crippen LogP contribution in [0.1, 0.15) is 52.9 Å². The Kier molecular flexibility index (Phi) is 5.57. The first-order chi connectivity index (χ1) is 9.71. The summed E-state index contributed by atoms with van der Waals surface area (Å²) < 4.78 is 0. The lowest BCUT2D eigenvalue weighted by molar-refractivity contribution is -0.127. The Balaban J connectivity index is 2.51. The Morgan fingerprint density at radius 1 is 1.29 bits per heavy atom. The van der Waals surface area contributed by atoms with Gasteiger partial charge in [0.1, 0.15) is 5.41 Å². The Morgan fingerprint density at radius 3 is 2.33 bits per heavy atom. The quantitative estimate of drug-likeness (QED) is 0.259. The minimum atomic E-state index is -0.921. The molecule has 0 radical (unpaired) electrons. The topological polar surface area (TPSA) is 117 Å². The van der Waals surface area contributed by atoms with Crippen molar-refractivity contribution in [2.75, 3.05) is 6.54 Å². The highest BCUT2D eigenvalue weighted by Gasteiger charge is 2.45. The fourth-order valence-corrected chi connectivity index (χ4v) is 2.61. The van der Waals surface area contributed by atoms with Gasteiger partial charge in [0.05, 0.1) is 0 Å². The second kappa shape index (κ2) is 6.78. The molecule has 0 spiro atoms. The maximum absolute atomic E-state index is 12.3. The van der Waals surface area contributed by atoms with E-state index in [2.05, 4.69) is 15.8 Å². The third kappa shape index (κ3) is 4.61. The molecule has 1 aliphatic carbocycles. The molecule has 0 unspecified atom stereocenters. The van der Waals surface area contributed by atoms with Crippen LogP contribution in [0, 0.1) is 5.41 Å². The maximum atomic E-state index is 12.3. The van der Waals surface area contributed by atoms with Gasteiger partial charge in [0, 0.05) is 18.5 Å². The maximum Gasteiger partial charge on any atom is 0.233 e. The van der Waals surface area contributed by atoms with Gasteiger partial charge in [0.15, 0.2) is 5.84 Å².